The molecule has 0 spiro atoms. The Balaban J connectivity index is 1.69. The van der Waals surface area contributed by atoms with Crippen LogP contribution in [0.4, 0.5) is 0 Å². The summed E-state index contributed by atoms with van der Waals surface area (Å²) in [7, 11) is 0. The lowest BCUT2D eigenvalue weighted by Gasteiger charge is -2.56. The summed E-state index contributed by atoms with van der Waals surface area (Å²) in [5, 5.41) is 0. The van der Waals surface area contributed by atoms with Crippen molar-refractivity contribution in [1.29, 1.82) is 0 Å². The third kappa shape index (κ3) is 1.92. The lowest BCUT2D eigenvalue weighted by Crippen LogP contribution is -2.49. The normalized spacial score (nSPS) is 39.7. The van der Waals surface area contributed by atoms with E-state index in [0.29, 0.717) is 12.0 Å². The Morgan fingerprint density at radius 2 is 1.68 bits per heavy atom. The fraction of sp³-hybridized carbons (Fsp3) is 0.706. The highest BCUT2D eigenvalue weighted by molar-refractivity contribution is 5.25. The maximum atomic E-state index is 5.68. The first kappa shape index (κ1) is 11.9. The first-order valence-corrected chi connectivity index (χ1v) is 7.94. The number of aromatic nitrogens is 1. The van der Waals surface area contributed by atoms with Gasteiger partial charge < -0.3 is 5.73 Å². The van der Waals surface area contributed by atoms with Gasteiger partial charge in [0.2, 0.25) is 0 Å². The molecular formula is C17H24N2. The van der Waals surface area contributed by atoms with Crippen LogP contribution >= 0.6 is 0 Å². The molecule has 0 saturated heterocycles. The van der Waals surface area contributed by atoms with Crippen molar-refractivity contribution in [2.75, 3.05) is 6.54 Å². The maximum Gasteiger partial charge on any atom is 0.0468 e. The van der Waals surface area contributed by atoms with Crippen LogP contribution in [0.25, 0.3) is 0 Å². The topological polar surface area (TPSA) is 38.9 Å². The van der Waals surface area contributed by atoms with Gasteiger partial charge in [0.05, 0.1) is 0 Å². The van der Waals surface area contributed by atoms with E-state index >= 15 is 0 Å². The average molecular weight is 256 g/mol. The van der Waals surface area contributed by atoms with Gasteiger partial charge in [-0.1, -0.05) is 6.07 Å². The van der Waals surface area contributed by atoms with Crippen LogP contribution in [0.1, 0.15) is 49.9 Å². The molecule has 0 aliphatic heterocycles. The van der Waals surface area contributed by atoms with Crippen molar-refractivity contribution in [1.82, 2.24) is 4.98 Å². The Bertz CT molecular complexity index is 445. The lowest BCUT2D eigenvalue weighted by molar-refractivity contribution is -0.00727. The molecule has 102 valence electrons. The minimum atomic E-state index is 0.430. The second-order valence-corrected chi connectivity index (χ2v) is 7.25. The second-order valence-electron chi connectivity index (χ2n) is 7.25. The van der Waals surface area contributed by atoms with Crippen molar-refractivity contribution in [3.63, 3.8) is 0 Å². The fourth-order valence-corrected chi connectivity index (χ4v) is 5.49. The standard InChI is InChI=1S/C17H24N2/c18-5-4-15-2-1-3-16(19-15)17-9-12-6-13(10-17)8-14(7-12)11-17/h1-3,12-14H,4-11,18H2. The van der Waals surface area contributed by atoms with Crippen molar-refractivity contribution in [2.24, 2.45) is 23.5 Å². The van der Waals surface area contributed by atoms with Crippen LogP contribution in [0, 0.1) is 17.8 Å². The van der Waals surface area contributed by atoms with Gasteiger partial charge in [-0.05, 0) is 75.0 Å². The van der Waals surface area contributed by atoms with Gasteiger partial charge in [0.1, 0.15) is 0 Å². The Kier molecular flexibility index (Phi) is 2.70. The molecule has 1 aromatic rings. The van der Waals surface area contributed by atoms with Crippen LogP contribution in [0.3, 0.4) is 0 Å². The predicted octanol–water partition coefficient (Wildman–Crippen LogP) is 3.05. The minimum absolute atomic E-state index is 0.430. The minimum Gasteiger partial charge on any atom is -0.330 e. The van der Waals surface area contributed by atoms with Crippen LogP contribution in [-0.4, -0.2) is 11.5 Å². The summed E-state index contributed by atoms with van der Waals surface area (Å²) < 4.78 is 0. The van der Waals surface area contributed by atoms with Crippen LogP contribution in [0.15, 0.2) is 18.2 Å². The van der Waals surface area contributed by atoms with E-state index in [-0.39, 0.29) is 0 Å². The zero-order chi connectivity index (χ0) is 12.9. The Morgan fingerprint density at radius 3 is 2.26 bits per heavy atom. The molecular weight excluding hydrogens is 232 g/mol. The van der Waals surface area contributed by atoms with Crippen molar-refractivity contribution in [2.45, 2.75) is 50.4 Å². The third-order valence-corrected chi connectivity index (χ3v) is 5.79. The Hall–Kier alpha value is -0.890. The van der Waals surface area contributed by atoms with Gasteiger partial charge >= 0.3 is 0 Å². The van der Waals surface area contributed by atoms with Crippen molar-refractivity contribution < 1.29 is 0 Å². The number of nitrogens with two attached hydrogens (primary N) is 1. The molecule has 4 saturated carbocycles. The van der Waals surface area contributed by atoms with E-state index in [2.05, 4.69) is 18.2 Å². The summed E-state index contributed by atoms with van der Waals surface area (Å²) in [5.41, 5.74) is 8.68. The highest BCUT2D eigenvalue weighted by Crippen LogP contribution is 2.60. The molecule has 5 rings (SSSR count). The molecule has 0 aromatic carbocycles. The molecule has 4 bridgehead atoms. The lowest BCUT2D eigenvalue weighted by atomic mass is 9.49. The Labute approximate surface area is 115 Å². The van der Waals surface area contributed by atoms with Crippen LogP contribution in [0.5, 0.6) is 0 Å². The molecule has 2 nitrogen and oxygen atoms in total. The van der Waals surface area contributed by atoms with Crippen LogP contribution in [-0.2, 0) is 11.8 Å². The quantitative estimate of drug-likeness (QED) is 0.902. The molecule has 2 N–H and O–H groups in total. The fourth-order valence-electron chi connectivity index (χ4n) is 5.49. The molecule has 0 unspecified atom stereocenters. The van der Waals surface area contributed by atoms with Gasteiger partial charge in [0, 0.05) is 23.2 Å². The van der Waals surface area contributed by atoms with Crippen molar-refractivity contribution in [3.05, 3.63) is 29.6 Å². The molecule has 0 amide bonds. The monoisotopic (exact) mass is 256 g/mol. The second kappa shape index (κ2) is 4.31. The van der Waals surface area contributed by atoms with E-state index in [1.807, 2.05) is 0 Å². The molecule has 0 atom stereocenters. The molecule has 4 fully saturated rings. The number of nitrogens with zero attached hydrogens (tertiary/aromatic N) is 1. The number of hydrogen-bond donors (Lipinski definition) is 1. The molecule has 1 aromatic heterocycles. The number of hydrogen-bond acceptors (Lipinski definition) is 2. The van der Waals surface area contributed by atoms with E-state index in [1.165, 1.54) is 49.9 Å². The SMILES string of the molecule is NCCc1cccc(C23CC4CC(CC(C4)C2)C3)n1. The zero-order valence-corrected chi connectivity index (χ0v) is 11.6. The molecule has 19 heavy (non-hydrogen) atoms. The summed E-state index contributed by atoms with van der Waals surface area (Å²) in [6.45, 7) is 0.706. The van der Waals surface area contributed by atoms with Crippen LogP contribution in [0.2, 0.25) is 0 Å². The van der Waals surface area contributed by atoms with Crippen LogP contribution < -0.4 is 5.73 Å². The first-order chi connectivity index (χ1) is 9.27. The summed E-state index contributed by atoms with van der Waals surface area (Å²) in [6.07, 6.45) is 9.62. The summed E-state index contributed by atoms with van der Waals surface area (Å²) in [5.74, 6) is 2.98. The van der Waals surface area contributed by atoms with E-state index in [4.69, 9.17) is 10.7 Å². The van der Waals surface area contributed by atoms with E-state index in [0.717, 1.165) is 24.2 Å². The van der Waals surface area contributed by atoms with E-state index in [1.54, 1.807) is 0 Å². The average Bonchev–Trinajstić information content (AvgIpc) is 2.38. The molecule has 0 radical (unpaired) electrons. The first-order valence-electron chi connectivity index (χ1n) is 7.94. The molecule has 4 aliphatic rings. The van der Waals surface area contributed by atoms with Gasteiger partial charge in [-0.3, -0.25) is 4.98 Å². The van der Waals surface area contributed by atoms with Gasteiger partial charge in [0.15, 0.2) is 0 Å². The summed E-state index contributed by atoms with van der Waals surface area (Å²) in [4.78, 5) is 4.97. The van der Waals surface area contributed by atoms with Crippen molar-refractivity contribution >= 4 is 0 Å². The van der Waals surface area contributed by atoms with Gasteiger partial charge in [0.25, 0.3) is 0 Å². The highest BCUT2D eigenvalue weighted by Gasteiger charge is 2.52. The maximum absolute atomic E-state index is 5.68. The van der Waals surface area contributed by atoms with Crippen molar-refractivity contribution in [3.8, 4) is 0 Å². The Morgan fingerprint density at radius 1 is 1.05 bits per heavy atom. The van der Waals surface area contributed by atoms with Gasteiger partial charge in [-0.15, -0.1) is 0 Å². The largest absolute Gasteiger partial charge is 0.330 e. The van der Waals surface area contributed by atoms with E-state index < -0.39 is 0 Å². The third-order valence-electron chi connectivity index (χ3n) is 5.79. The number of rotatable bonds is 3. The molecule has 1 heterocycles. The van der Waals surface area contributed by atoms with Gasteiger partial charge in [-0.2, -0.15) is 0 Å². The number of pyridine rings is 1. The molecule has 4 aliphatic carbocycles. The van der Waals surface area contributed by atoms with E-state index in [9.17, 15) is 0 Å². The smallest absolute Gasteiger partial charge is 0.0468 e. The highest BCUT2D eigenvalue weighted by atomic mass is 14.8. The predicted molar refractivity (Wildman–Crippen MR) is 76.8 cm³/mol. The molecule has 2 heteroatoms. The zero-order valence-electron chi connectivity index (χ0n) is 11.6. The summed E-state index contributed by atoms with van der Waals surface area (Å²) in [6, 6.07) is 6.62. The van der Waals surface area contributed by atoms with Gasteiger partial charge in [-0.25, -0.2) is 0 Å². The summed E-state index contributed by atoms with van der Waals surface area (Å²) >= 11 is 0.